The molecule has 1 atom stereocenters. The smallest absolute Gasteiger partial charge is 0.261 e. The van der Waals surface area contributed by atoms with Crippen LogP contribution < -0.4 is 10.1 Å². The minimum Gasteiger partial charge on any atom is -0.484 e. The number of aryl methyl sites for hydroxylation is 1. The van der Waals surface area contributed by atoms with Crippen molar-refractivity contribution in [1.29, 1.82) is 0 Å². The Hall–Kier alpha value is -2.34. The number of halogens is 1. The zero-order valence-electron chi connectivity index (χ0n) is 19.0. The van der Waals surface area contributed by atoms with Crippen molar-refractivity contribution < 1.29 is 14.3 Å². The maximum atomic E-state index is 13.2. The quantitative estimate of drug-likeness (QED) is 0.496. The Bertz CT molecular complexity index is 897. The van der Waals surface area contributed by atoms with E-state index in [1.165, 1.54) is 0 Å². The highest BCUT2D eigenvalue weighted by Gasteiger charge is 2.30. The molecule has 1 saturated carbocycles. The molecule has 1 unspecified atom stereocenters. The summed E-state index contributed by atoms with van der Waals surface area (Å²) in [5.41, 5.74) is 2.18. The van der Waals surface area contributed by atoms with Gasteiger partial charge in [0, 0.05) is 17.1 Å². The molecule has 0 saturated heterocycles. The van der Waals surface area contributed by atoms with Gasteiger partial charge < -0.3 is 15.0 Å². The van der Waals surface area contributed by atoms with Crippen LogP contribution in [-0.4, -0.2) is 41.9 Å². The molecule has 1 fully saturated rings. The van der Waals surface area contributed by atoms with Crippen LogP contribution in [-0.2, 0) is 16.0 Å². The van der Waals surface area contributed by atoms with E-state index in [0.29, 0.717) is 25.1 Å². The number of hydrogen-bond donors (Lipinski definition) is 1. The zero-order valence-corrected chi connectivity index (χ0v) is 20.6. The van der Waals surface area contributed by atoms with Gasteiger partial charge in [0.15, 0.2) is 6.61 Å². The van der Waals surface area contributed by atoms with Gasteiger partial charge in [-0.3, -0.25) is 9.59 Å². The van der Waals surface area contributed by atoms with Crippen LogP contribution in [0, 0.1) is 6.92 Å². The molecule has 6 heteroatoms. The van der Waals surface area contributed by atoms with Gasteiger partial charge in [0.2, 0.25) is 5.91 Å². The molecular weight excluding hydrogens is 468 g/mol. The summed E-state index contributed by atoms with van der Waals surface area (Å²) in [4.78, 5) is 28.0. The molecular formula is C26H33BrN2O3. The van der Waals surface area contributed by atoms with Crippen LogP contribution in [0.25, 0.3) is 0 Å². The molecule has 2 amide bonds. The average molecular weight is 501 g/mol. The Morgan fingerprint density at radius 2 is 1.88 bits per heavy atom. The number of rotatable bonds is 10. The fourth-order valence-corrected chi connectivity index (χ4v) is 4.45. The summed E-state index contributed by atoms with van der Waals surface area (Å²) in [6.07, 6.45) is 5.60. The van der Waals surface area contributed by atoms with Gasteiger partial charge in [-0.1, -0.05) is 66.0 Å². The summed E-state index contributed by atoms with van der Waals surface area (Å²) in [7, 11) is 0. The highest BCUT2D eigenvalue weighted by Crippen LogP contribution is 2.22. The molecule has 5 nitrogen and oxygen atoms in total. The van der Waals surface area contributed by atoms with Crippen molar-refractivity contribution >= 4 is 27.7 Å². The minimum atomic E-state index is -0.498. The summed E-state index contributed by atoms with van der Waals surface area (Å²) >= 11 is 3.48. The van der Waals surface area contributed by atoms with Crippen molar-refractivity contribution in [3.63, 3.8) is 0 Å². The third kappa shape index (κ3) is 6.83. The SMILES string of the molecule is CCC(C(=O)NC1CCCC1)N(CCc1ccccc1)C(=O)COc1ccc(Br)c(C)c1. The van der Waals surface area contributed by atoms with Gasteiger partial charge in [0.05, 0.1) is 0 Å². The maximum Gasteiger partial charge on any atom is 0.261 e. The van der Waals surface area contributed by atoms with Crippen molar-refractivity contribution in [2.24, 2.45) is 0 Å². The molecule has 3 rings (SSSR count). The van der Waals surface area contributed by atoms with Gasteiger partial charge >= 0.3 is 0 Å². The van der Waals surface area contributed by atoms with Crippen LogP contribution in [0.1, 0.15) is 50.2 Å². The van der Waals surface area contributed by atoms with E-state index in [9.17, 15) is 9.59 Å². The van der Waals surface area contributed by atoms with Crippen LogP contribution in [0.15, 0.2) is 53.0 Å². The molecule has 1 aliphatic rings. The summed E-state index contributed by atoms with van der Waals surface area (Å²) in [5.74, 6) is 0.417. The van der Waals surface area contributed by atoms with E-state index >= 15 is 0 Å². The van der Waals surface area contributed by atoms with Crippen LogP contribution in [0.3, 0.4) is 0 Å². The Morgan fingerprint density at radius 3 is 2.53 bits per heavy atom. The van der Waals surface area contributed by atoms with Gasteiger partial charge in [-0.25, -0.2) is 0 Å². The molecule has 0 radical (unpaired) electrons. The van der Waals surface area contributed by atoms with Crippen LogP contribution >= 0.6 is 15.9 Å². The Labute approximate surface area is 199 Å². The maximum absolute atomic E-state index is 13.2. The number of benzene rings is 2. The highest BCUT2D eigenvalue weighted by atomic mass is 79.9. The highest BCUT2D eigenvalue weighted by molar-refractivity contribution is 9.10. The third-order valence-electron chi connectivity index (χ3n) is 6.06. The molecule has 1 aliphatic carbocycles. The van der Waals surface area contributed by atoms with Gasteiger partial charge in [-0.15, -0.1) is 0 Å². The summed E-state index contributed by atoms with van der Waals surface area (Å²) < 4.78 is 6.80. The molecule has 2 aromatic carbocycles. The van der Waals surface area contributed by atoms with E-state index in [1.54, 1.807) is 4.90 Å². The average Bonchev–Trinajstić information content (AvgIpc) is 3.30. The van der Waals surface area contributed by atoms with E-state index in [2.05, 4.69) is 21.2 Å². The lowest BCUT2D eigenvalue weighted by Gasteiger charge is -2.31. The molecule has 0 spiro atoms. The topological polar surface area (TPSA) is 58.6 Å². The van der Waals surface area contributed by atoms with E-state index in [1.807, 2.05) is 62.4 Å². The van der Waals surface area contributed by atoms with Gasteiger partial charge in [0.25, 0.3) is 5.91 Å². The molecule has 172 valence electrons. The molecule has 0 heterocycles. The molecule has 0 aliphatic heterocycles. The van der Waals surface area contributed by atoms with Gasteiger partial charge in [-0.05, 0) is 61.9 Å². The van der Waals surface area contributed by atoms with Crippen molar-refractivity contribution in [1.82, 2.24) is 10.2 Å². The van der Waals surface area contributed by atoms with E-state index in [-0.39, 0.29) is 24.5 Å². The fraction of sp³-hybridized carbons (Fsp3) is 0.462. The second-order valence-electron chi connectivity index (χ2n) is 8.44. The number of nitrogens with zero attached hydrogens (tertiary/aromatic N) is 1. The largest absolute Gasteiger partial charge is 0.484 e. The number of carbonyl (C=O) groups is 2. The number of ether oxygens (including phenoxy) is 1. The van der Waals surface area contributed by atoms with Gasteiger partial charge in [-0.2, -0.15) is 0 Å². The monoisotopic (exact) mass is 500 g/mol. The van der Waals surface area contributed by atoms with Crippen molar-refractivity contribution in [2.45, 2.75) is 64.5 Å². The minimum absolute atomic E-state index is 0.0553. The second kappa shape index (κ2) is 12.0. The van der Waals surface area contributed by atoms with E-state index in [0.717, 1.165) is 41.3 Å². The molecule has 0 aromatic heterocycles. The van der Waals surface area contributed by atoms with Crippen molar-refractivity contribution in [3.05, 3.63) is 64.1 Å². The first-order chi connectivity index (χ1) is 15.5. The van der Waals surface area contributed by atoms with Crippen LogP contribution in [0.5, 0.6) is 5.75 Å². The number of carbonyl (C=O) groups excluding carboxylic acids is 2. The second-order valence-corrected chi connectivity index (χ2v) is 9.29. The summed E-state index contributed by atoms with van der Waals surface area (Å²) in [5, 5.41) is 3.17. The first kappa shape index (κ1) is 24.3. The Kier molecular flexibility index (Phi) is 9.15. The lowest BCUT2D eigenvalue weighted by molar-refractivity contribution is -0.142. The predicted octanol–water partition coefficient (Wildman–Crippen LogP) is 5.05. The number of hydrogen-bond acceptors (Lipinski definition) is 3. The predicted molar refractivity (Wildman–Crippen MR) is 131 cm³/mol. The van der Waals surface area contributed by atoms with Crippen molar-refractivity contribution in [3.8, 4) is 5.75 Å². The van der Waals surface area contributed by atoms with E-state index < -0.39 is 6.04 Å². The Balaban J connectivity index is 1.70. The third-order valence-corrected chi connectivity index (χ3v) is 6.95. The van der Waals surface area contributed by atoms with Crippen LogP contribution in [0.4, 0.5) is 0 Å². The van der Waals surface area contributed by atoms with Gasteiger partial charge in [0.1, 0.15) is 11.8 Å². The molecule has 1 N–H and O–H groups in total. The normalized spacial score (nSPS) is 14.7. The molecule has 2 aromatic rings. The molecule has 32 heavy (non-hydrogen) atoms. The zero-order chi connectivity index (χ0) is 22.9. The Morgan fingerprint density at radius 1 is 1.16 bits per heavy atom. The summed E-state index contributed by atoms with van der Waals surface area (Å²) in [6.45, 7) is 4.32. The van der Waals surface area contributed by atoms with Crippen LogP contribution in [0.2, 0.25) is 0 Å². The van der Waals surface area contributed by atoms with Crippen molar-refractivity contribution in [2.75, 3.05) is 13.2 Å². The van der Waals surface area contributed by atoms with E-state index in [4.69, 9.17) is 4.74 Å². The standard InChI is InChI=1S/C26H33BrN2O3/c1-3-24(26(31)28-21-11-7-8-12-21)29(16-15-20-9-5-4-6-10-20)25(30)18-32-22-13-14-23(27)19(2)17-22/h4-6,9-10,13-14,17,21,24H,3,7-8,11-12,15-16,18H2,1-2H3,(H,28,31). The first-order valence-corrected chi connectivity index (χ1v) is 12.3. The molecule has 0 bridgehead atoms. The first-order valence-electron chi connectivity index (χ1n) is 11.5. The fourth-order valence-electron chi connectivity index (χ4n) is 4.20. The lowest BCUT2D eigenvalue weighted by Crippen LogP contribution is -2.52. The summed E-state index contributed by atoms with van der Waals surface area (Å²) in [6, 6.07) is 15.4. The number of nitrogens with one attached hydrogen (secondary N) is 1. The number of amides is 2. The lowest BCUT2D eigenvalue weighted by atomic mass is 10.1.